The molecular weight excluding hydrogens is 512 g/mol. The average Bonchev–Trinajstić information content (AvgIpc) is 3.33. The van der Waals surface area contributed by atoms with E-state index in [0.29, 0.717) is 10.7 Å². The van der Waals surface area contributed by atoms with Gasteiger partial charge in [-0.1, -0.05) is 48.9 Å². The number of carbonyl (C=O) groups excluding carboxylic acids is 1. The summed E-state index contributed by atoms with van der Waals surface area (Å²) < 4.78 is 31.5. The summed E-state index contributed by atoms with van der Waals surface area (Å²) in [6, 6.07) is 26.6. The number of imidazole rings is 1. The molecule has 0 N–H and O–H groups in total. The lowest BCUT2D eigenvalue weighted by atomic mass is 10.1. The van der Waals surface area contributed by atoms with Crippen LogP contribution < -0.4 is 4.74 Å². The summed E-state index contributed by atoms with van der Waals surface area (Å²) in [7, 11) is 0. The molecule has 0 aliphatic rings. The van der Waals surface area contributed by atoms with Gasteiger partial charge in [0.15, 0.2) is 0 Å². The number of hydrogen-bond donors (Lipinski definition) is 0. The van der Waals surface area contributed by atoms with Crippen molar-refractivity contribution in [3.63, 3.8) is 0 Å². The first-order valence-corrected chi connectivity index (χ1v) is 13.6. The molecule has 39 heavy (non-hydrogen) atoms. The minimum atomic E-state index is -2.76. The minimum Gasteiger partial charge on any atom is -0.755 e. The molecule has 0 radical (unpaired) electrons. The number of benzene rings is 3. The summed E-state index contributed by atoms with van der Waals surface area (Å²) in [6.07, 6.45) is 1.93. The molecule has 2 aromatic heterocycles. The maximum absolute atomic E-state index is 12.5. The Kier molecular flexibility index (Phi) is 7.81. The summed E-state index contributed by atoms with van der Waals surface area (Å²) >= 11 is -2.76. The van der Waals surface area contributed by atoms with Gasteiger partial charge in [-0.25, -0.2) is 14.1 Å². The van der Waals surface area contributed by atoms with Crippen LogP contribution in [0.4, 0.5) is 4.79 Å². The Labute approximate surface area is 229 Å². The highest BCUT2D eigenvalue weighted by atomic mass is 32.2. The summed E-state index contributed by atoms with van der Waals surface area (Å²) in [4.78, 5) is 21.8. The second-order valence-corrected chi connectivity index (χ2v) is 9.93. The number of fused-ring (bicyclic) bond motifs is 1. The number of rotatable bonds is 8. The van der Waals surface area contributed by atoms with Gasteiger partial charge in [-0.2, -0.15) is 0 Å². The molecule has 1 unspecified atom stereocenters. The van der Waals surface area contributed by atoms with Crippen molar-refractivity contribution in [3.05, 3.63) is 108 Å². The molecule has 0 saturated heterocycles. The second kappa shape index (κ2) is 11.6. The Bertz CT molecular complexity index is 1620. The maximum atomic E-state index is 12.5. The van der Waals surface area contributed by atoms with Crippen molar-refractivity contribution in [2.45, 2.75) is 26.7 Å². The predicted octanol–water partition coefficient (Wildman–Crippen LogP) is 5.80. The van der Waals surface area contributed by atoms with E-state index in [9.17, 15) is 13.6 Å². The van der Waals surface area contributed by atoms with Crippen molar-refractivity contribution >= 4 is 28.4 Å². The fourth-order valence-corrected chi connectivity index (χ4v) is 4.77. The summed E-state index contributed by atoms with van der Waals surface area (Å²) in [5.74, 6) is 1.22. The Morgan fingerprint density at radius 1 is 1.03 bits per heavy atom. The van der Waals surface area contributed by atoms with Gasteiger partial charge in [0.05, 0.1) is 28.0 Å². The third-order valence-corrected chi connectivity index (χ3v) is 7.10. The van der Waals surface area contributed by atoms with Crippen molar-refractivity contribution < 1.29 is 18.3 Å². The molecule has 5 rings (SSSR count). The molecule has 5 aromatic rings. The normalized spacial score (nSPS) is 11.9. The zero-order chi connectivity index (χ0) is 27.4. The number of ether oxygens (including phenoxy) is 1. The molecule has 0 aliphatic carbocycles. The van der Waals surface area contributed by atoms with Gasteiger partial charge in [-0.15, -0.1) is 0 Å². The number of hydrogen-bond acceptors (Lipinski definition) is 6. The van der Waals surface area contributed by atoms with Crippen molar-refractivity contribution in [1.29, 1.82) is 0 Å². The van der Waals surface area contributed by atoms with E-state index < -0.39 is 17.4 Å². The zero-order valence-corrected chi connectivity index (χ0v) is 22.4. The van der Waals surface area contributed by atoms with Gasteiger partial charge >= 0.3 is 6.09 Å². The highest BCUT2D eigenvalue weighted by Gasteiger charge is 2.18. The molecule has 0 bridgehead atoms. The summed E-state index contributed by atoms with van der Waals surface area (Å²) in [5, 5.41) is 0. The van der Waals surface area contributed by atoms with E-state index >= 15 is 0 Å². The first-order chi connectivity index (χ1) is 18.9. The second-order valence-electron chi connectivity index (χ2n) is 9.05. The van der Waals surface area contributed by atoms with Crippen LogP contribution in [0.3, 0.4) is 0 Å². The van der Waals surface area contributed by atoms with Gasteiger partial charge in [0.25, 0.3) is 0 Å². The first-order valence-electron chi connectivity index (χ1n) is 12.6. The van der Waals surface area contributed by atoms with Crippen molar-refractivity contribution in [2.24, 2.45) is 0 Å². The number of nitrogens with zero attached hydrogens (tertiary/aromatic N) is 4. The maximum Gasteiger partial charge on any atom is 0.426 e. The zero-order valence-electron chi connectivity index (χ0n) is 21.6. The topological polar surface area (TPSA) is 100 Å². The van der Waals surface area contributed by atoms with Crippen molar-refractivity contribution in [3.8, 4) is 22.7 Å². The third kappa shape index (κ3) is 5.89. The van der Waals surface area contributed by atoms with Crippen LogP contribution in [0, 0.1) is 6.92 Å². The highest BCUT2D eigenvalue weighted by molar-refractivity contribution is 7.77. The Balaban J connectivity index is 1.32. The first kappa shape index (κ1) is 26.3. The van der Waals surface area contributed by atoms with Gasteiger partial charge < -0.3 is 9.29 Å². The van der Waals surface area contributed by atoms with Gasteiger partial charge in [-0.3, -0.25) is 13.8 Å². The lowest BCUT2D eigenvalue weighted by Gasteiger charge is -2.23. The molecule has 9 heteroatoms. The van der Waals surface area contributed by atoms with E-state index in [1.807, 2.05) is 55.5 Å². The summed E-state index contributed by atoms with van der Waals surface area (Å²) in [5.41, 5.74) is 6.63. The average molecular weight is 540 g/mol. The smallest absolute Gasteiger partial charge is 0.426 e. The molecule has 1 atom stereocenters. The molecule has 8 nitrogen and oxygen atoms in total. The standard InChI is InChI=1S/C30H28N4O4S/c1-3-29-32-27-20-23(26-6-4-5-18-31-26)11-16-28(27)34(29)24-12-9-22(10-13-24)17-19-33(39(36)37)30(35)38-25-14-7-21(2)8-15-25/h4-16,18,20H,3,17,19H2,1-2H3,(H,36,37)/p-1. The Hall–Kier alpha value is -4.34. The van der Waals surface area contributed by atoms with Crippen LogP contribution in [-0.4, -0.2) is 40.2 Å². The van der Waals surface area contributed by atoms with Crippen LogP contribution >= 0.6 is 0 Å². The SMILES string of the molecule is CCc1nc2cc(-c3ccccn3)ccc2n1-c1ccc(CCN(C(=O)Oc2ccc(C)cc2)S(=O)[O-])cc1. The van der Waals surface area contributed by atoms with E-state index in [1.165, 1.54) is 0 Å². The van der Waals surface area contributed by atoms with Crippen molar-refractivity contribution in [2.75, 3.05) is 6.54 Å². The van der Waals surface area contributed by atoms with Crippen LogP contribution in [0.2, 0.25) is 0 Å². The van der Waals surface area contributed by atoms with Crippen LogP contribution in [0.5, 0.6) is 5.75 Å². The highest BCUT2D eigenvalue weighted by Crippen LogP contribution is 2.27. The molecular formula is C30H27N4O4S-. The molecule has 1 amide bonds. The van der Waals surface area contributed by atoms with E-state index in [1.54, 1.807) is 30.5 Å². The number of carbonyl (C=O) groups is 1. The van der Waals surface area contributed by atoms with Crippen LogP contribution in [0.1, 0.15) is 23.9 Å². The van der Waals surface area contributed by atoms with Crippen LogP contribution in [-0.2, 0) is 24.1 Å². The largest absolute Gasteiger partial charge is 0.755 e. The molecule has 0 aliphatic heterocycles. The monoisotopic (exact) mass is 539 g/mol. The fraction of sp³-hybridized carbons (Fsp3) is 0.167. The van der Waals surface area contributed by atoms with Gasteiger partial charge in [0, 0.05) is 30.4 Å². The predicted molar refractivity (Wildman–Crippen MR) is 150 cm³/mol. The molecule has 3 aromatic carbocycles. The number of amides is 1. The van der Waals surface area contributed by atoms with E-state index in [0.717, 1.165) is 51.4 Å². The quantitative estimate of drug-likeness (QED) is 0.231. The van der Waals surface area contributed by atoms with Gasteiger partial charge in [0.2, 0.25) is 0 Å². The van der Waals surface area contributed by atoms with E-state index in [-0.39, 0.29) is 12.3 Å². The fourth-order valence-electron chi connectivity index (χ4n) is 4.38. The molecule has 0 spiro atoms. The minimum absolute atomic E-state index is 0.0370. The molecule has 2 heterocycles. The van der Waals surface area contributed by atoms with E-state index in [2.05, 4.69) is 28.6 Å². The summed E-state index contributed by atoms with van der Waals surface area (Å²) in [6.45, 7) is 3.94. The Morgan fingerprint density at radius 3 is 2.46 bits per heavy atom. The molecule has 0 fully saturated rings. The van der Waals surface area contributed by atoms with Crippen LogP contribution in [0.15, 0.2) is 91.1 Å². The lowest BCUT2D eigenvalue weighted by molar-refractivity contribution is 0.178. The van der Waals surface area contributed by atoms with E-state index in [4.69, 9.17) is 9.72 Å². The number of aromatic nitrogens is 3. The van der Waals surface area contributed by atoms with Crippen LogP contribution in [0.25, 0.3) is 28.0 Å². The van der Waals surface area contributed by atoms with Crippen molar-refractivity contribution in [1.82, 2.24) is 18.8 Å². The van der Waals surface area contributed by atoms with Gasteiger partial charge in [-0.05, 0) is 67.4 Å². The molecule has 198 valence electrons. The number of pyridine rings is 1. The Morgan fingerprint density at radius 2 is 1.79 bits per heavy atom. The number of aryl methyl sites for hydroxylation is 2. The lowest BCUT2D eigenvalue weighted by Crippen LogP contribution is -2.36. The third-order valence-electron chi connectivity index (χ3n) is 6.41. The van der Waals surface area contributed by atoms with Gasteiger partial charge in [0.1, 0.15) is 11.6 Å². The molecule has 0 saturated carbocycles.